The van der Waals surface area contributed by atoms with Crippen LogP contribution in [-0.2, 0) is 16.0 Å². The number of rotatable bonds is 11. The third-order valence-electron chi connectivity index (χ3n) is 9.24. The zero-order valence-electron chi connectivity index (χ0n) is 23.3. The third-order valence-corrected chi connectivity index (χ3v) is 9.24. The van der Waals surface area contributed by atoms with E-state index in [9.17, 15) is 9.59 Å². The molecule has 2 aliphatic carbocycles. The molecule has 0 spiro atoms. The highest BCUT2D eigenvalue weighted by Gasteiger charge is 2.39. The molecular weight excluding hydrogens is 460 g/mol. The summed E-state index contributed by atoms with van der Waals surface area (Å²) in [5.41, 5.74) is 1.39. The number of carbonyl (C=O) groups is 2. The number of carbonyl (C=O) groups excluding carboxylic acids is 2. The minimum Gasteiger partial charge on any atom is -0.343 e. The minimum atomic E-state index is -0.392. The van der Waals surface area contributed by atoms with Gasteiger partial charge in [0.15, 0.2) is 0 Å². The lowest BCUT2D eigenvalue weighted by Crippen LogP contribution is -2.57. The fraction of sp³-hybridized carbons (Fsp3) is 0.742. The Morgan fingerprint density at radius 2 is 1.62 bits per heavy atom. The first-order valence-corrected chi connectivity index (χ1v) is 15.1. The van der Waals surface area contributed by atoms with Crippen LogP contribution in [-0.4, -0.2) is 72.5 Å². The van der Waals surface area contributed by atoms with E-state index in [4.69, 9.17) is 0 Å². The van der Waals surface area contributed by atoms with Crippen LogP contribution in [0.5, 0.6) is 0 Å². The maximum absolute atomic E-state index is 14.1. The van der Waals surface area contributed by atoms with Crippen molar-refractivity contribution in [2.45, 2.75) is 115 Å². The van der Waals surface area contributed by atoms with Crippen LogP contribution in [0.15, 0.2) is 30.3 Å². The van der Waals surface area contributed by atoms with Crippen molar-refractivity contribution in [3.63, 3.8) is 0 Å². The molecule has 6 nitrogen and oxygen atoms in total. The van der Waals surface area contributed by atoms with Crippen LogP contribution in [0.25, 0.3) is 0 Å². The molecule has 1 aromatic carbocycles. The van der Waals surface area contributed by atoms with Gasteiger partial charge in [-0.25, -0.2) is 0 Å². The first-order chi connectivity index (χ1) is 18.1. The van der Waals surface area contributed by atoms with Gasteiger partial charge in [-0.15, -0.1) is 0 Å². The molecule has 206 valence electrons. The molecule has 3 atom stereocenters. The molecule has 4 rings (SSSR count). The molecule has 3 aliphatic rings. The van der Waals surface area contributed by atoms with Gasteiger partial charge in [0.25, 0.3) is 0 Å². The van der Waals surface area contributed by atoms with Gasteiger partial charge in [0, 0.05) is 31.7 Å². The monoisotopic (exact) mass is 510 g/mol. The topological polar surface area (TPSA) is 64.7 Å². The van der Waals surface area contributed by atoms with Crippen molar-refractivity contribution in [3.8, 4) is 0 Å². The summed E-state index contributed by atoms with van der Waals surface area (Å²) in [5, 5.41) is 6.23. The molecule has 1 saturated heterocycles. The SMILES string of the molecule is CN[C@@H](C)C(=O)N[C@H](C(=O)N1CCCC1CN(CCc1ccccc1)C1CCCCC1)C1CCCCC1. The van der Waals surface area contributed by atoms with Crippen LogP contribution >= 0.6 is 0 Å². The Morgan fingerprint density at radius 1 is 0.946 bits per heavy atom. The smallest absolute Gasteiger partial charge is 0.245 e. The van der Waals surface area contributed by atoms with Gasteiger partial charge >= 0.3 is 0 Å². The average Bonchev–Trinajstić information content (AvgIpc) is 3.42. The Balaban J connectivity index is 1.46. The highest BCUT2D eigenvalue weighted by atomic mass is 16.2. The van der Waals surface area contributed by atoms with Gasteiger partial charge in [-0.2, -0.15) is 0 Å². The standard InChI is InChI=1S/C31H50N4O2/c1-24(32-2)30(36)33-29(26-15-8-4-9-16-26)31(37)35-21-12-19-28(35)23-34(27-17-10-5-11-18-27)22-20-25-13-6-3-7-14-25/h3,6-7,13-14,24,26-29,32H,4-5,8-12,15-23H2,1-2H3,(H,33,36)/t24-,28?,29-/m0/s1. The van der Waals surface area contributed by atoms with Crippen molar-refractivity contribution in [2.75, 3.05) is 26.7 Å². The largest absolute Gasteiger partial charge is 0.343 e. The van der Waals surface area contributed by atoms with E-state index in [1.165, 1.54) is 44.1 Å². The minimum absolute atomic E-state index is 0.0612. The van der Waals surface area contributed by atoms with Crippen molar-refractivity contribution in [1.29, 1.82) is 0 Å². The number of likely N-dealkylation sites (N-methyl/N-ethyl adjacent to an activating group) is 1. The molecule has 0 aromatic heterocycles. The molecule has 1 aliphatic heterocycles. The lowest BCUT2D eigenvalue weighted by molar-refractivity contribution is -0.140. The molecule has 3 fully saturated rings. The van der Waals surface area contributed by atoms with Gasteiger partial charge < -0.3 is 15.5 Å². The Kier molecular flexibility index (Phi) is 10.9. The van der Waals surface area contributed by atoms with Crippen LogP contribution in [0.2, 0.25) is 0 Å². The quantitative estimate of drug-likeness (QED) is 0.459. The van der Waals surface area contributed by atoms with Gasteiger partial charge in [-0.1, -0.05) is 68.9 Å². The zero-order valence-corrected chi connectivity index (χ0v) is 23.3. The van der Waals surface area contributed by atoms with Gasteiger partial charge in [0.05, 0.1) is 6.04 Å². The molecule has 6 heteroatoms. The van der Waals surface area contributed by atoms with Gasteiger partial charge in [0.1, 0.15) is 6.04 Å². The molecule has 37 heavy (non-hydrogen) atoms. The van der Waals surface area contributed by atoms with E-state index < -0.39 is 6.04 Å². The van der Waals surface area contributed by atoms with Crippen LogP contribution in [0.1, 0.15) is 89.5 Å². The van der Waals surface area contributed by atoms with Crippen LogP contribution < -0.4 is 10.6 Å². The van der Waals surface area contributed by atoms with E-state index in [0.717, 1.165) is 64.6 Å². The summed E-state index contributed by atoms with van der Waals surface area (Å²) in [5.74, 6) is 0.356. The molecule has 2 saturated carbocycles. The number of amides is 2. The lowest BCUT2D eigenvalue weighted by Gasteiger charge is -2.40. The predicted octanol–water partition coefficient (Wildman–Crippen LogP) is 4.53. The summed E-state index contributed by atoms with van der Waals surface area (Å²) in [4.78, 5) is 31.9. The second-order valence-corrected chi connectivity index (χ2v) is 11.7. The van der Waals surface area contributed by atoms with Crippen molar-refractivity contribution in [3.05, 3.63) is 35.9 Å². The summed E-state index contributed by atoms with van der Waals surface area (Å²) in [7, 11) is 1.80. The van der Waals surface area contributed by atoms with Crippen molar-refractivity contribution < 1.29 is 9.59 Å². The van der Waals surface area contributed by atoms with Gasteiger partial charge in [-0.05, 0) is 70.4 Å². The van der Waals surface area contributed by atoms with E-state index in [1.807, 2.05) is 6.92 Å². The fourth-order valence-electron chi connectivity index (χ4n) is 6.81. The third kappa shape index (κ3) is 7.79. The number of hydrogen-bond donors (Lipinski definition) is 2. The van der Waals surface area contributed by atoms with E-state index >= 15 is 0 Å². The molecule has 0 bridgehead atoms. The van der Waals surface area contributed by atoms with E-state index in [2.05, 4.69) is 50.8 Å². The van der Waals surface area contributed by atoms with Crippen LogP contribution in [0.4, 0.5) is 0 Å². The van der Waals surface area contributed by atoms with E-state index in [-0.39, 0.29) is 29.8 Å². The van der Waals surface area contributed by atoms with Gasteiger partial charge in [-0.3, -0.25) is 14.5 Å². The number of likely N-dealkylation sites (tertiary alicyclic amines) is 1. The number of benzene rings is 1. The summed E-state index contributed by atoms with van der Waals surface area (Å²) in [6.07, 6.45) is 15.4. The van der Waals surface area contributed by atoms with Crippen molar-refractivity contribution in [1.82, 2.24) is 20.4 Å². The molecule has 1 aromatic rings. The Labute approximate surface area is 224 Å². The Hall–Kier alpha value is -1.92. The summed E-state index contributed by atoms with van der Waals surface area (Å²) in [6, 6.07) is 11.0. The highest BCUT2D eigenvalue weighted by Crippen LogP contribution is 2.30. The van der Waals surface area contributed by atoms with Gasteiger partial charge in [0.2, 0.25) is 11.8 Å². The molecule has 1 unspecified atom stereocenters. The van der Waals surface area contributed by atoms with Crippen molar-refractivity contribution in [2.24, 2.45) is 5.92 Å². The number of nitrogens with one attached hydrogen (secondary N) is 2. The van der Waals surface area contributed by atoms with E-state index in [0.29, 0.717) is 6.04 Å². The van der Waals surface area contributed by atoms with Crippen LogP contribution in [0.3, 0.4) is 0 Å². The lowest BCUT2D eigenvalue weighted by atomic mass is 9.83. The first kappa shape index (κ1) is 28.1. The fourth-order valence-corrected chi connectivity index (χ4v) is 6.81. The second-order valence-electron chi connectivity index (χ2n) is 11.7. The molecule has 0 radical (unpaired) electrons. The number of hydrogen-bond acceptors (Lipinski definition) is 4. The molecule has 2 amide bonds. The average molecular weight is 511 g/mol. The predicted molar refractivity (Wildman–Crippen MR) is 150 cm³/mol. The Bertz CT molecular complexity index is 835. The normalized spacial score (nSPS) is 23.2. The molecule has 2 N–H and O–H groups in total. The summed E-state index contributed by atoms with van der Waals surface area (Å²) in [6.45, 7) is 4.70. The number of nitrogens with zero attached hydrogens (tertiary/aromatic N) is 2. The molecular formula is C31H50N4O2. The summed E-state index contributed by atoms with van der Waals surface area (Å²) < 4.78 is 0. The molecule has 1 heterocycles. The first-order valence-electron chi connectivity index (χ1n) is 15.1. The highest BCUT2D eigenvalue weighted by molar-refractivity contribution is 5.90. The van der Waals surface area contributed by atoms with Crippen LogP contribution in [0, 0.1) is 5.92 Å². The second kappa shape index (κ2) is 14.3. The maximum atomic E-state index is 14.1. The van der Waals surface area contributed by atoms with Crippen molar-refractivity contribution >= 4 is 11.8 Å². The zero-order chi connectivity index (χ0) is 26.0. The Morgan fingerprint density at radius 3 is 2.30 bits per heavy atom. The summed E-state index contributed by atoms with van der Waals surface area (Å²) >= 11 is 0. The maximum Gasteiger partial charge on any atom is 0.245 e. The van der Waals surface area contributed by atoms with E-state index in [1.54, 1.807) is 7.05 Å².